The zero-order valence-corrected chi connectivity index (χ0v) is 12.9. The molecule has 0 aliphatic rings. The van der Waals surface area contributed by atoms with Gasteiger partial charge >= 0.3 is 0 Å². The van der Waals surface area contributed by atoms with Gasteiger partial charge < -0.3 is 19.3 Å². The molecule has 1 atom stereocenters. The van der Waals surface area contributed by atoms with Gasteiger partial charge in [0.1, 0.15) is 7.60 Å². The molecule has 0 fully saturated rings. The fourth-order valence-electron chi connectivity index (χ4n) is 1.32. The van der Waals surface area contributed by atoms with Crippen LogP contribution in [-0.4, -0.2) is 37.7 Å². The molecule has 0 saturated heterocycles. The molecule has 0 radical (unpaired) electrons. The van der Waals surface area contributed by atoms with Crippen molar-refractivity contribution in [2.45, 2.75) is 32.1 Å². The predicted molar refractivity (Wildman–Crippen MR) is 74.0 cm³/mol. The molecule has 0 aromatic carbocycles. The van der Waals surface area contributed by atoms with E-state index in [0.29, 0.717) is 13.0 Å². The second-order valence-electron chi connectivity index (χ2n) is 4.11. The minimum Gasteiger partial charge on any atom is -0.779 e. The fraction of sp³-hybridized carbons (Fsp3) is 0.909. The van der Waals surface area contributed by atoms with E-state index in [0.717, 1.165) is 38.1 Å². The van der Waals surface area contributed by atoms with Crippen molar-refractivity contribution in [2.24, 2.45) is 0 Å². The lowest BCUT2D eigenvalue weighted by Gasteiger charge is -2.17. The molecular formula is C11H23NO4PS-. The standard InChI is InChI=1S/C11H24NO4PS/c1-17(14,15)16-9-6-4-3-5-8-12-11(13)7-10-18-2/h3-10H2,1-2H3,(H,12,13)(H,14,15)/p-1. The lowest BCUT2D eigenvalue weighted by atomic mass is 10.2. The van der Waals surface area contributed by atoms with E-state index in [1.165, 1.54) is 0 Å². The van der Waals surface area contributed by atoms with Crippen LogP contribution in [0.3, 0.4) is 0 Å². The SMILES string of the molecule is CSCCC(=O)NCCCCCCOP(C)(=O)[O-]. The lowest BCUT2D eigenvalue weighted by molar-refractivity contribution is -0.196. The van der Waals surface area contributed by atoms with Crippen molar-refractivity contribution in [1.29, 1.82) is 0 Å². The van der Waals surface area contributed by atoms with E-state index in [2.05, 4.69) is 9.84 Å². The quantitative estimate of drug-likeness (QED) is 0.463. The molecule has 7 heteroatoms. The highest BCUT2D eigenvalue weighted by Gasteiger charge is 2.00. The van der Waals surface area contributed by atoms with Gasteiger partial charge in [0.15, 0.2) is 0 Å². The lowest BCUT2D eigenvalue weighted by Crippen LogP contribution is -2.24. The van der Waals surface area contributed by atoms with E-state index in [9.17, 15) is 14.3 Å². The van der Waals surface area contributed by atoms with Crippen LogP contribution in [0, 0.1) is 0 Å². The highest BCUT2D eigenvalue weighted by atomic mass is 32.2. The molecule has 108 valence electrons. The summed E-state index contributed by atoms with van der Waals surface area (Å²) >= 11 is 1.66. The Morgan fingerprint density at radius 1 is 1.33 bits per heavy atom. The van der Waals surface area contributed by atoms with Crippen molar-refractivity contribution in [3.63, 3.8) is 0 Å². The Morgan fingerprint density at radius 3 is 2.61 bits per heavy atom. The first-order chi connectivity index (χ1) is 8.45. The van der Waals surface area contributed by atoms with Crippen LogP contribution in [0.5, 0.6) is 0 Å². The van der Waals surface area contributed by atoms with Gasteiger partial charge in [-0.3, -0.25) is 4.79 Å². The van der Waals surface area contributed by atoms with E-state index >= 15 is 0 Å². The number of hydrogen-bond donors (Lipinski definition) is 1. The van der Waals surface area contributed by atoms with Crippen molar-refractivity contribution in [1.82, 2.24) is 5.32 Å². The third-order valence-corrected chi connectivity index (χ3v) is 3.52. The summed E-state index contributed by atoms with van der Waals surface area (Å²) in [6.07, 6.45) is 6.10. The van der Waals surface area contributed by atoms with E-state index in [1.807, 2.05) is 6.26 Å². The van der Waals surface area contributed by atoms with Crippen LogP contribution in [0.1, 0.15) is 32.1 Å². The zero-order chi connectivity index (χ0) is 13.9. The molecule has 5 nitrogen and oxygen atoms in total. The molecule has 0 spiro atoms. The largest absolute Gasteiger partial charge is 0.779 e. The summed E-state index contributed by atoms with van der Waals surface area (Å²) in [7, 11) is -3.56. The summed E-state index contributed by atoms with van der Waals surface area (Å²) in [5.74, 6) is 0.959. The maximum Gasteiger partial charge on any atom is 0.220 e. The summed E-state index contributed by atoms with van der Waals surface area (Å²) < 4.78 is 15.3. The van der Waals surface area contributed by atoms with Crippen LogP contribution >= 0.6 is 19.4 Å². The minimum atomic E-state index is -3.56. The van der Waals surface area contributed by atoms with Crippen molar-refractivity contribution in [3.8, 4) is 0 Å². The van der Waals surface area contributed by atoms with Crippen LogP contribution in [0.4, 0.5) is 0 Å². The molecule has 1 N–H and O–H groups in total. The molecule has 0 rings (SSSR count). The number of rotatable bonds is 11. The molecule has 1 unspecified atom stereocenters. The predicted octanol–water partition coefficient (Wildman–Crippen LogP) is 1.62. The Labute approximate surface area is 114 Å². The number of thioether (sulfide) groups is 1. The first-order valence-electron chi connectivity index (χ1n) is 6.14. The average molecular weight is 296 g/mol. The Kier molecular flexibility index (Phi) is 10.8. The van der Waals surface area contributed by atoms with Crippen LogP contribution < -0.4 is 10.2 Å². The van der Waals surface area contributed by atoms with E-state index < -0.39 is 7.60 Å². The van der Waals surface area contributed by atoms with Crippen molar-refractivity contribution < 1.29 is 18.8 Å². The number of carbonyl (C=O) groups excluding carboxylic acids is 1. The minimum absolute atomic E-state index is 0.103. The second kappa shape index (κ2) is 10.9. The summed E-state index contributed by atoms with van der Waals surface area (Å²) in [5.41, 5.74) is 0. The number of unbranched alkanes of at least 4 members (excludes halogenated alkanes) is 3. The van der Waals surface area contributed by atoms with Crippen molar-refractivity contribution in [2.75, 3.05) is 31.8 Å². The molecule has 1 amide bonds. The van der Waals surface area contributed by atoms with Gasteiger partial charge in [0.05, 0.1) is 6.61 Å². The summed E-state index contributed by atoms with van der Waals surface area (Å²) in [6.45, 7) is 2.04. The molecule has 0 bridgehead atoms. The summed E-state index contributed by atoms with van der Waals surface area (Å²) in [4.78, 5) is 21.9. The maximum atomic E-state index is 11.2. The molecule has 0 aromatic rings. The third kappa shape index (κ3) is 14.0. The second-order valence-corrected chi connectivity index (χ2v) is 6.90. The molecule has 0 aromatic heterocycles. The summed E-state index contributed by atoms with van der Waals surface area (Å²) in [6, 6.07) is 0. The van der Waals surface area contributed by atoms with Gasteiger partial charge in [0.2, 0.25) is 5.91 Å². The van der Waals surface area contributed by atoms with Crippen LogP contribution in [-0.2, 0) is 13.9 Å². The molecule has 18 heavy (non-hydrogen) atoms. The first kappa shape index (κ1) is 18.0. The van der Waals surface area contributed by atoms with Gasteiger partial charge in [-0.2, -0.15) is 11.8 Å². The normalized spacial score (nSPS) is 14.2. The number of hydrogen-bond acceptors (Lipinski definition) is 5. The molecule has 0 aliphatic carbocycles. The van der Waals surface area contributed by atoms with Gasteiger partial charge in [-0.25, -0.2) is 0 Å². The van der Waals surface area contributed by atoms with Crippen molar-refractivity contribution >= 4 is 25.3 Å². The first-order valence-corrected chi connectivity index (χ1v) is 9.53. The number of amides is 1. The van der Waals surface area contributed by atoms with Crippen LogP contribution in [0.25, 0.3) is 0 Å². The molecular weight excluding hydrogens is 273 g/mol. The molecule has 0 saturated carbocycles. The van der Waals surface area contributed by atoms with Gasteiger partial charge in [-0.1, -0.05) is 12.8 Å². The Morgan fingerprint density at radius 2 is 2.00 bits per heavy atom. The van der Waals surface area contributed by atoms with E-state index in [4.69, 9.17) is 0 Å². The van der Waals surface area contributed by atoms with Crippen LogP contribution in [0.15, 0.2) is 0 Å². The Balaban J connectivity index is 3.21. The van der Waals surface area contributed by atoms with E-state index in [-0.39, 0.29) is 12.5 Å². The Hall–Kier alpha value is -0.0300. The smallest absolute Gasteiger partial charge is 0.220 e. The van der Waals surface area contributed by atoms with Gasteiger partial charge in [-0.15, -0.1) is 0 Å². The third-order valence-electron chi connectivity index (χ3n) is 2.25. The highest BCUT2D eigenvalue weighted by molar-refractivity contribution is 7.98. The molecule has 0 heterocycles. The van der Waals surface area contributed by atoms with Crippen LogP contribution in [0.2, 0.25) is 0 Å². The zero-order valence-electron chi connectivity index (χ0n) is 11.1. The number of carbonyl (C=O) groups is 1. The van der Waals surface area contributed by atoms with E-state index in [1.54, 1.807) is 11.8 Å². The average Bonchev–Trinajstić information content (AvgIpc) is 2.28. The Bertz CT molecular complexity index is 270. The van der Waals surface area contributed by atoms with Gasteiger partial charge in [0.25, 0.3) is 0 Å². The molecule has 0 aliphatic heterocycles. The monoisotopic (exact) mass is 296 g/mol. The summed E-state index contributed by atoms with van der Waals surface area (Å²) in [5, 5.41) is 2.85. The highest BCUT2D eigenvalue weighted by Crippen LogP contribution is 2.30. The number of nitrogens with one attached hydrogen (secondary N) is 1. The van der Waals surface area contributed by atoms with Crippen molar-refractivity contribution in [3.05, 3.63) is 0 Å². The fourth-order valence-corrected chi connectivity index (χ4v) is 2.17. The van der Waals surface area contributed by atoms with Gasteiger partial charge in [-0.05, 0) is 19.1 Å². The van der Waals surface area contributed by atoms with Gasteiger partial charge in [0, 0.05) is 25.4 Å². The maximum absolute atomic E-state index is 11.2. The topological polar surface area (TPSA) is 78.5 Å².